The van der Waals surface area contributed by atoms with Crippen molar-refractivity contribution in [2.75, 3.05) is 6.26 Å². The molecule has 12 heavy (non-hydrogen) atoms. The van der Waals surface area contributed by atoms with E-state index in [1.54, 1.807) is 18.3 Å². The van der Waals surface area contributed by atoms with Crippen molar-refractivity contribution in [3.8, 4) is 5.75 Å². The second-order valence-corrected chi connectivity index (χ2v) is 4.94. The molecule has 0 amide bonds. The van der Waals surface area contributed by atoms with E-state index in [1.807, 2.05) is 0 Å². The van der Waals surface area contributed by atoms with E-state index in [9.17, 15) is 8.42 Å². The Morgan fingerprint density at radius 1 is 1.58 bits per heavy atom. The van der Waals surface area contributed by atoms with E-state index in [1.165, 1.54) is 6.20 Å². The van der Waals surface area contributed by atoms with E-state index in [4.69, 9.17) is 5.11 Å². The van der Waals surface area contributed by atoms with Crippen LogP contribution < -0.4 is 0 Å². The summed E-state index contributed by atoms with van der Waals surface area (Å²) < 4.78 is 18.8. The molecule has 0 fully saturated rings. The summed E-state index contributed by atoms with van der Waals surface area (Å²) >= 11 is 0. The number of aromatic hydroxyl groups is 1. The van der Waals surface area contributed by atoms with Crippen molar-refractivity contribution in [3.05, 3.63) is 24.5 Å². The summed E-state index contributed by atoms with van der Waals surface area (Å²) in [5.74, 6) is 0.211. The van der Waals surface area contributed by atoms with Gasteiger partial charge in [-0.05, 0) is 12.1 Å². The fourth-order valence-corrected chi connectivity index (χ4v) is 0.354. The predicted octanol–water partition coefficient (Wildman–Crippen LogP) is 0.972. The summed E-state index contributed by atoms with van der Waals surface area (Å²) in [6.07, 6.45) is 3.92. The lowest BCUT2D eigenvalue weighted by molar-refractivity contribution is 0.472. The van der Waals surface area contributed by atoms with E-state index in [2.05, 4.69) is 15.7 Å². The highest BCUT2D eigenvalue weighted by atomic mass is 35.7. The van der Waals surface area contributed by atoms with Crippen LogP contribution in [0.25, 0.3) is 0 Å². The summed E-state index contributed by atoms with van der Waals surface area (Å²) in [5.41, 5.74) is 0. The zero-order chi connectivity index (χ0) is 9.61. The summed E-state index contributed by atoms with van der Waals surface area (Å²) in [7, 11) is 1.31. The van der Waals surface area contributed by atoms with Crippen molar-refractivity contribution in [1.82, 2.24) is 4.98 Å². The maximum absolute atomic E-state index is 9.40. The van der Waals surface area contributed by atoms with Crippen LogP contribution in [0, 0.1) is 0 Å². The van der Waals surface area contributed by atoms with Gasteiger partial charge in [-0.15, -0.1) is 0 Å². The zero-order valence-corrected chi connectivity index (χ0v) is 7.88. The van der Waals surface area contributed by atoms with E-state index in [0.717, 1.165) is 6.26 Å². The Balaban J connectivity index is 0.000000217. The highest BCUT2D eigenvalue weighted by Crippen LogP contribution is 1.99. The highest BCUT2D eigenvalue weighted by Gasteiger charge is 1.83. The minimum atomic E-state index is -3.19. The van der Waals surface area contributed by atoms with Crippen molar-refractivity contribution < 1.29 is 13.5 Å². The van der Waals surface area contributed by atoms with Gasteiger partial charge in [0.2, 0.25) is 9.05 Å². The number of aromatic nitrogens is 1. The number of hydrogen-bond acceptors (Lipinski definition) is 4. The molecule has 0 atom stereocenters. The van der Waals surface area contributed by atoms with Gasteiger partial charge in [0.25, 0.3) is 0 Å². The number of halogens is 1. The maximum Gasteiger partial charge on any atom is 0.229 e. The van der Waals surface area contributed by atoms with E-state index < -0.39 is 9.05 Å². The zero-order valence-electron chi connectivity index (χ0n) is 6.31. The van der Waals surface area contributed by atoms with Crippen LogP contribution in [0.15, 0.2) is 24.5 Å². The van der Waals surface area contributed by atoms with Gasteiger partial charge >= 0.3 is 0 Å². The van der Waals surface area contributed by atoms with Gasteiger partial charge in [0.15, 0.2) is 0 Å². The van der Waals surface area contributed by atoms with Gasteiger partial charge in [-0.2, -0.15) is 0 Å². The van der Waals surface area contributed by atoms with Crippen LogP contribution in [0.4, 0.5) is 0 Å². The van der Waals surface area contributed by atoms with Crippen LogP contribution >= 0.6 is 10.7 Å². The molecular weight excluding hydrogens is 202 g/mol. The van der Waals surface area contributed by atoms with Crippen LogP contribution in [0.1, 0.15) is 0 Å². The monoisotopic (exact) mass is 209 g/mol. The minimum Gasteiger partial charge on any atom is -0.506 e. The third-order valence-electron chi connectivity index (χ3n) is 0.646. The lowest BCUT2D eigenvalue weighted by Gasteiger charge is -1.81. The van der Waals surface area contributed by atoms with E-state index in [-0.39, 0.29) is 5.75 Å². The first-order chi connectivity index (χ1) is 5.39. The average molecular weight is 210 g/mol. The molecule has 1 N–H and O–H groups in total. The molecule has 1 rings (SSSR count). The molecule has 0 aromatic carbocycles. The second-order valence-electron chi connectivity index (χ2n) is 1.89. The molecule has 0 aliphatic heterocycles. The van der Waals surface area contributed by atoms with Gasteiger partial charge in [-0.3, -0.25) is 4.98 Å². The number of rotatable bonds is 0. The first kappa shape index (κ1) is 11.2. The van der Waals surface area contributed by atoms with Gasteiger partial charge in [-0.25, -0.2) is 8.42 Å². The molecule has 0 saturated carbocycles. The molecule has 1 heterocycles. The molecule has 0 bridgehead atoms. The SMILES string of the molecule is CS(=O)(=O)Cl.Oc1cccnc1. The first-order valence-electron chi connectivity index (χ1n) is 2.88. The highest BCUT2D eigenvalue weighted by molar-refractivity contribution is 8.13. The lowest BCUT2D eigenvalue weighted by atomic mass is 10.5. The van der Waals surface area contributed by atoms with E-state index >= 15 is 0 Å². The molecule has 1 aromatic rings. The molecule has 0 saturated heterocycles. The minimum absolute atomic E-state index is 0.211. The fourth-order valence-electron chi connectivity index (χ4n) is 0.354. The average Bonchev–Trinajstić information content (AvgIpc) is 1.85. The standard InChI is InChI=1S/C5H5NO.CH3ClO2S/c7-5-2-1-3-6-4-5;1-5(2,3)4/h1-4,7H;1H3. The van der Waals surface area contributed by atoms with Crippen molar-refractivity contribution >= 4 is 19.7 Å². The maximum atomic E-state index is 9.40. The molecular formula is C6H8ClNO3S. The van der Waals surface area contributed by atoms with Gasteiger partial charge in [-0.1, -0.05) is 0 Å². The van der Waals surface area contributed by atoms with Crippen LogP contribution in [0.2, 0.25) is 0 Å². The third kappa shape index (κ3) is 11.9. The molecule has 0 spiro atoms. The number of nitrogens with zero attached hydrogens (tertiary/aromatic N) is 1. The molecule has 0 aliphatic carbocycles. The Morgan fingerprint density at radius 3 is 2.25 bits per heavy atom. The Hall–Kier alpha value is -0.810. The summed E-state index contributed by atoms with van der Waals surface area (Å²) in [5, 5.41) is 8.57. The first-order valence-corrected chi connectivity index (χ1v) is 5.60. The van der Waals surface area contributed by atoms with Crippen LogP contribution in [0.5, 0.6) is 5.75 Å². The second kappa shape index (κ2) is 4.95. The topological polar surface area (TPSA) is 67.3 Å². The van der Waals surface area contributed by atoms with Crippen LogP contribution in [0.3, 0.4) is 0 Å². The van der Waals surface area contributed by atoms with Crippen molar-refractivity contribution in [3.63, 3.8) is 0 Å². The smallest absolute Gasteiger partial charge is 0.229 e. The third-order valence-corrected chi connectivity index (χ3v) is 0.646. The van der Waals surface area contributed by atoms with Gasteiger partial charge in [0.05, 0.1) is 12.5 Å². The molecule has 68 valence electrons. The van der Waals surface area contributed by atoms with Crippen molar-refractivity contribution in [2.45, 2.75) is 0 Å². The largest absolute Gasteiger partial charge is 0.506 e. The van der Waals surface area contributed by atoms with Crippen molar-refractivity contribution in [1.29, 1.82) is 0 Å². The van der Waals surface area contributed by atoms with Crippen molar-refractivity contribution in [2.24, 2.45) is 0 Å². The number of hydrogen-bond donors (Lipinski definition) is 1. The van der Waals surface area contributed by atoms with E-state index in [0.29, 0.717) is 0 Å². The molecule has 0 aliphatic rings. The molecule has 4 nitrogen and oxygen atoms in total. The lowest BCUT2D eigenvalue weighted by Crippen LogP contribution is -1.76. The quantitative estimate of drug-likeness (QED) is 0.647. The normalized spacial score (nSPS) is 9.83. The fraction of sp³-hybridized carbons (Fsp3) is 0.167. The van der Waals surface area contributed by atoms with Crippen LogP contribution in [-0.4, -0.2) is 24.8 Å². The Kier molecular flexibility index (Phi) is 4.61. The molecule has 6 heteroatoms. The Morgan fingerprint density at radius 2 is 2.08 bits per heavy atom. The summed E-state index contributed by atoms with van der Waals surface area (Å²) in [4.78, 5) is 3.63. The summed E-state index contributed by atoms with van der Waals surface area (Å²) in [6.45, 7) is 0. The molecule has 0 radical (unpaired) electrons. The Labute approximate surface area is 75.2 Å². The van der Waals surface area contributed by atoms with Gasteiger partial charge in [0.1, 0.15) is 5.75 Å². The molecule has 1 aromatic heterocycles. The molecule has 0 unspecified atom stereocenters. The van der Waals surface area contributed by atoms with Crippen LogP contribution in [-0.2, 0) is 9.05 Å². The Bertz CT molecular complexity index is 303. The predicted molar refractivity (Wildman–Crippen MR) is 46.6 cm³/mol. The van der Waals surface area contributed by atoms with Gasteiger partial charge < -0.3 is 5.11 Å². The number of pyridine rings is 1. The van der Waals surface area contributed by atoms with Gasteiger partial charge in [0, 0.05) is 16.9 Å². The summed E-state index contributed by atoms with van der Waals surface area (Å²) in [6, 6.07) is 3.25.